The summed E-state index contributed by atoms with van der Waals surface area (Å²) in [5.74, 6) is -0.0617. The van der Waals surface area contributed by atoms with Gasteiger partial charge < -0.3 is 10.1 Å². The van der Waals surface area contributed by atoms with E-state index < -0.39 is 5.82 Å². The molecular formula is C28H27ClFN3O3S. The van der Waals surface area contributed by atoms with Gasteiger partial charge in [0.15, 0.2) is 4.96 Å². The number of hydrogen-bond acceptors (Lipinski definition) is 5. The Morgan fingerprint density at radius 2 is 1.89 bits per heavy atom. The average molecular weight is 540 g/mol. The van der Waals surface area contributed by atoms with Gasteiger partial charge in [-0.25, -0.2) is 9.37 Å². The normalized spacial score (nSPS) is 17.6. The van der Waals surface area contributed by atoms with Crippen LogP contribution < -0.4 is 5.32 Å². The van der Waals surface area contributed by atoms with E-state index >= 15 is 0 Å². The Hall–Kier alpha value is -3.23. The number of ether oxygens (including phenoxy) is 1. The van der Waals surface area contributed by atoms with Crippen LogP contribution in [0.5, 0.6) is 0 Å². The van der Waals surface area contributed by atoms with Gasteiger partial charge in [0.05, 0.1) is 16.5 Å². The molecule has 4 aromatic rings. The lowest BCUT2D eigenvalue weighted by atomic mass is 9.77. The third kappa shape index (κ3) is 5.86. The summed E-state index contributed by atoms with van der Waals surface area (Å²) in [7, 11) is 0. The molecule has 1 saturated carbocycles. The molecule has 9 heteroatoms. The van der Waals surface area contributed by atoms with Crippen molar-refractivity contribution in [2.75, 3.05) is 11.9 Å². The molecule has 5 rings (SSSR count). The Morgan fingerprint density at radius 3 is 2.57 bits per heavy atom. The number of thiazole rings is 1. The van der Waals surface area contributed by atoms with E-state index in [1.807, 2.05) is 17.5 Å². The van der Waals surface area contributed by atoms with Crippen molar-refractivity contribution in [3.05, 3.63) is 77.0 Å². The number of benzene rings is 2. The maximum Gasteiger partial charge on any atom is 0.306 e. The molecule has 1 N–H and O–H groups in total. The number of nitrogens with zero attached hydrogens (tertiary/aromatic N) is 2. The Bertz CT molecular complexity index is 1390. The summed E-state index contributed by atoms with van der Waals surface area (Å²) in [6.07, 6.45) is 8.46. The molecule has 2 aromatic carbocycles. The van der Waals surface area contributed by atoms with Gasteiger partial charge in [0.2, 0.25) is 0 Å². The van der Waals surface area contributed by atoms with E-state index in [0.717, 1.165) is 36.1 Å². The summed E-state index contributed by atoms with van der Waals surface area (Å²) < 4.78 is 20.3. The fourth-order valence-electron chi connectivity index (χ4n) is 4.88. The summed E-state index contributed by atoms with van der Waals surface area (Å²) in [6, 6.07) is 12.7. The first kappa shape index (κ1) is 25.4. The van der Waals surface area contributed by atoms with Gasteiger partial charge in [-0.1, -0.05) is 47.2 Å². The maximum atomic E-state index is 13.4. The Morgan fingerprint density at radius 1 is 1.14 bits per heavy atom. The summed E-state index contributed by atoms with van der Waals surface area (Å²) in [5.41, 5.74) is 3.11. The summed E-state index contributed by atoms with van der Waals surface area (Å²) in [6.45, 7) is 2.29. The number of fused-ring (bicyclic) bond motifs is 1. The third-order valence-electron chi connectivity index (χ3n) is 6.84. The van der Waals surface area contributed by atoms with E-state index in [9.17, 15) is 14.0 Å². The molecule has 0 atom stereocenters. The molecule has 2 aromatic heterocycles. The molecule has 1 amide bonds. The number of carbonyl (C=O) groups is 2. The van der Waals surface area contributed by atoms with Crippen molar-refractivity contribution in [2.45, 2.75) is 44.9 Å². The highest BCUT2D eigenvalue weighted by Gasteiger charge is 2.24. The smallest absolute Gasteiger partial charge is 0.306 e. The van der Waals surface area contributed by atoms with E-state index in [1.54, 1.807) is 6.20 Å². The first-order valence-electron chi connectivity index (χ1n) is 12.4. The third-order valence-corrected chi connectivity index (χ3v) is 8.18. The topological polar surface area (TPSA) is 72.7 Å². The Balaban J connectivity index is 1.21. The number of amides is 1. The first-order valence-corrected chi connectivity index (χ1v) is 13.6. The number of hydrogen-bond donors (Lipinski definition) is 1. The molecule has 0 aliphatic heterocycles. The molecule has 1 fully saturated rings. The fourth-order valence-corrected chi connectivity index (χ4v) is 6.03. The highest BCUT2D eigenvalue weighted by atomic mass is 35.5. The quantitative estimate of drug-likeness (QED) is 0.249. The number of nitrogens with one attached hydrogen (secondary N) is 1. The van der Waals surface area contributed by atoms with Gasteiger partial charge in [-0.3, -0.25) is 14.0 Å². The second kappa shape index (κ2) is 11.0. The molecule has 1 aliphatic carbocycles. The summed E-state index contributed by atoms with van der Waals surface area (Å²) in [4.78, 5) is 30.6. The van der Waals surface area contributed by atoms with Crippen LogP contribution in [0.25, 0.3) is 15.4 Å². The van der Waals surface area contributed by atoms with Gasteiger partial charge in [0, 0.05) is 24.5 Å². The Labute approximate surface area is 223 Å². The van der Waals surface area contributed by atoms with Crippen LogP contribution >= 0.6 is 22.9 Å². The fraction of sp³-hybridized carbons (Fsp3) is 0.321. The standard InChI is InChI=1S/C28H27ClFN3O3S/c1-2-36-26(34)13-17-3-5-18(6-4-17)19-7-9-20(10-8-19)25-16-33-15-24(32-28(33)37-25)27(35)31-21-11-12-23(30)22(29)14-21/h7-12,14-18H,2-6,13H2,1H3,(H,31,35). The number of esters is 1. The molecule has 1 aliphatic rings. The van der Waals surface area contributed by atoms with Gasteiger partial charge in [-0.2, -0.15) is 0 Å². The lowest BCUT2D eigenvalue weighted by Crippen LogP contribution is -2.17. The molecule has 0 radical (unpaired) electrons. The highest BCUT2D eigenvalue weighted by molar-refractivity contribution is 7.20. The number of aromatic nitrogens is 2. The van der Waals surface area contributed by atoms with Crippen molar-refractivity contribution < 1.29 is 18.7 Å². The van der Waals surface area contributed by atoms with Crippen LogP contribution in [0, 0.1) is 11.7 Å². The van der Waals surface area contributed by atoms with Crippen LogP contribution in [0.15, 0.2) is 54.9 Å². The van der Waals surface area contributed by atoms with Crippen molar-refractivity contribution in [3.8, 4) is 10.4 Å². The van der Waals surface area contributed by atoms with Crippen LogP contribution in [0.2, 0.25) is 5.02 Å². The second-order valence-electron chi connectivity index (χ2n) is 9.34. The van der Waals surface area contributed by atoms with E-state index in [-0.39, 0.29) is 22.6 Å². The van der Waals surface area contributed by atoms with Crippen molar-refractivity contribution in [3.63, 3.8) is 0 Å². The van der Waals surface area contributed by atoms with Gasteiger partial charge in [-0.15, -0.1) is 0 Å². The zero-order valence-corrected chi connectivity index (χ0v) is 21.9. The van der Waals surface area contributed by atoms with Crippen LogP contribution in [0.1, 0.15) is 61.0 Å². The predicted octanol–water partition coefficient (Wildman–Crippen LogP) is 7.33. The second-order valence-corrected chi connectivity index (χ2v) is 10.8. The zero-order chi connectivity index (χ0) is 25.9. The molecule has 0 bridgehead atoms. The lowest BCUT2D eigenvalue weighted by molar-refractivity contribution is -0.144. The van der Waals surface area contributed by atoms with Gasteiger partial charge >= 0.3 is 5.97 Å². The van der Waals surface area contributed by atoms with Crippen molar-refractivity contribution >= 4 is 45.5 Å². The molecule has 6 nitrogen and oxygen atoms in total. The van der Waals surface area contributed by atoms with Gasteiger partial charge in [0.25, 0.3) is 5.91 Å². The van der Waals surface area contributed by atoms with E-state index in [2.05, 4.69) is 34.6 Å². The van der Waals surface area contributed by atoms with E-state index in [1.165, 1.54) is 35.1 Å². The van der Waals surface area contributed by atoms with E-state index in [0.29, 0.717) is 35.5 Å². The van der Waals surface area contributed by atoms with Gasteiger partial charge in [-0.05, 0) is 73.8 Å². The molecule has 37 heavy (non-hydrogen) atoms. The summed E-state index contributed by atoms with van der Waals surface area (Å²) >= 11 is 7.30. The van der Waals surface area contributed by atoms with Crippen LogP contribution in [0.4, 0.5) is 10.1 Å². The minimum absolute atomic E-state index is 0.0547. The molecule has 0 unspecified atom stereocenters. The van der Waals surface area contributed by atoms with Crippen LogP contribution in [-0.2, 0) is 9.53 Å². The largest absolute Gasteiger partial charge is 0.466 e. The molecule has 0 saturated heterocycles. The summed E-state index contributed by atoms with van der Waals surface area (Å²) in [5, 5.41) is 2.64. The SMILES string of the molecule is CCOC(=O)CC1CCC(c2ccc(-c3cn4cc(C(=O)Nc5ccc(F)c(Cl)c5)nc4s3)cc2)CC1. The number of carbonyl (C=O) groups excluding carboxylic acids is 2. The number of halogens is 2. The van der Waals surface area contributed by atoms with Crippen molar-refractivity contribution in [1.82, 2.24) is 9.38 Å². The number of imidazole rings is 1. The minimum atomic E-state index is -0.541. The van der Waals surface area contributed by atoms with E-state index in [4.69, 9.17) is 16.3 Å². The number of anilines is 1. The lowest BCUT2D eigenvalue weighted by Gasteiger charge is -2.28. The average Bonchev–Trinajstić information content (AvgIpc) is 3.47. The zero-order valence-electron chi connectivity index (χ0n) is 20.4. The maximum absolute atomic E-state index is 13.4. The number of rotatable bonds is 7. The molecule has 192 valence electrons. The molecular weight excluding hydrogens is 513 g/mol. The molecule has 2 heterocycles. The predicted molar refractivity (Wildman–Crippen MR) is 144 cm³/mol. The van der Waals surface area contributed by atoms with Crippen molar-refractivity contribution in [2.24, 2.45) is 5.92 Å². The first-order chi connectivity index (χ1) is 17.9. The monoisotopic (exact) mass is 539 g/mol. The van der Waals surface area contributed by atoms with Gasteiger partial charge in [0.1, 0.15) is 11.5 Å². The van der Waals surface area contributed by atoms with Crippen molar-refractivity contribution in [1.29, 1.82) is 0 Å². The Kier molecular flexibility index (Phi) is 7.58. The highest BCUT2D eigenvalue weighted by Crippen LogP contribution is 2.38. The minimum Gasteiger partial charge on any atom is -0.466 e. The van der Waals surface area contributed by atoms with Crippen LogP contribution in [-0.4, -0.2) is 27.9 Å². The van der Waals surface area contributed by atoms with Crippen LogP contribution in [0.3, 0.4) is 0 Å². The molecule has 0 spiro atoms.